The van der Waals surface area contributed by atoms with Crippen molar-refractivity contribution in [1.82, 2.24) is 0 Å². The van der Waals surface area contributed by atoms with E-state index in [0.29, 0.717) is 16.8 Å². The molecule has 3 nitrogen and oxygen atoms in total. The van der Waals surface area contributed by atoms with E-state index in [1.165, 1.54) is 11.3 Å². The molecule has 0 bridgehead atoms. The Morgan fingerprint density at radius 2 is 1.93 bits per heavy atom. The predicted molar refractivity (Wildman–Crippen MR) is 61.1 cm³/mol. The maximum atomic E-state index is 10.9. The third kappa shape index (κ3) is 1.71. The fourth-order valence-corrected chi connectivity index (χ4v) is 2.24. The minimum Gasteiger partial charge on any atom is -0.478 e. The molecule has 0 aliphatic rings. The van der Waals surface area contributed by atoms with Crippen LogP contribution in [0.2, 0.25) is 0 Å². The number of carbonyl (C=O) groups is 1. The number of anilines is 1. The first-order valence-electron chi connectivity index (χ1n) is 4.34. The quantitative estimate of drug-likeness (QED) is 0.763. The summed E-state index contributed by atoms with van der Waals surface area (Å²) in [6.45, 7) is 0. The number of aromatic carboxylic acids is 1. The van der Waals surface area contributed by atoms with Crippen LogP contribution in [0.3, 0.4) is 0 Å². The second-order valence-electron chi connectivity index (χ2n) is 3.09. The molecule has 0 radical (unpaired) electrons. The number of nitrogens with two attached hydrogens (primary N) is 1. The van der Waals surface area contributed by atoms with Gasteiger partial charge in [0.2, 0.25) is 0 Å². The van der Waals surface area contributed by atoms with Crippen LogP contribution in [0.5, 0.6) is 0 Å². The van der Waals surface area contributed by atoms with Crippen molar-refractivity contribution in [2.75, 3.05) is 5.73 Å². The molecule has 3 N–H and O–H groups in total. The van der Waals surface area contributed by atoms with Gasteiger partial charge in [-0.2, -0.15) is 11.3 Å². The van der Waals surface area contributed by atoms with E-state index < -0.39 is 5.97 Å². The zero-order chi connectivity index (χ0) is 10.8. The summed E-state index contributed by atoms with van der Waals surface area (Å²) in [5.74, 6) is -0.922. The number of rotatable bonds is 2. The van der Waals surface area contributed by atoms with E-state index in [1.54, 1.807) is 16.8 Å². The van der Waals surface area contributed by atoms with Crippen LogP contribution >= 0.6 is 11.3 Å². The van der Waals surface area contributed by atoms with Crippen molar-refractivity contribution in [3.63, 3.8) is 0 Å². The molecule has 0 fully saturated rings. The molecule has 2 rings (SSSR count). The van der Waals surface area contributed by atoms with Gasteiger partial charge >= 0.3 is 5.97 Å². The smallest absolute Gasteiger partial charge is 0.337 e. The first-order valence-corrected chi connectivity index (χ1v) is 5.29. The van der Waals surface area contributed by atoms with E-state index >= 15 is 0 Å². The van der Waals surface area contributed by atoms with Gasteiger partial charge in [0.25, 0.3) is 0 Å². The van der Waals surface area contributed by atoms with Crippen LogP contribution in [0.15, 0.2) is 35.0 Å². The molecule has 0 saturated heterocycles. The van der Waals surface area contributed by atoms with Gasteiger partial charge in [0.05, 0.1) is 5.56 Å². The van der Waals surface area contributed by atoms with E-state index in [4.69, 9.17) is 10.8 Å². The summed E-state index contributed by atoms with van der Waals surface area (Å²) in [4.78, 5) is 10.9. The highest BCUT2D eigenvalue weighted by Crippen LogP contribution is 2.31. The summed E-state index contributed by atoms with van der Waals surface area (Å²) in [7, 11) is 0. The normalized spacial score (nSPS) is 10.1. The van der Waals surface area contributed by atoms with Crippen molar-refractivity contribution < 1.29 is 9.90 Å². The largest absolute Gasteiger partial charge is 0.478 e. The van der Waals surface area contributed by atoms with E-state index in [0.717, 1.165) is 5.56 Å². The minimum absolute atomic E-state index is 0.304. The molecular weight excluding hydrogens is 210 g/mol. The summed E-state index contributed by atoms with van der Waals surface area (Å²) in [6, 6.07) is 7.25. The van der Waals surface area contributed by atoms with Crippen molar-refractivity contribution in [3.05, 3.63) is 40.6 Å². The van der Waals surface area contributed by atoms with Crippen LogP contribution in [0.1, 0.15) is 10.4 Å². The molecule has 1 aromatic heterocycles. The van der Waals surface area contributed by atoms with E-state index in [-0.39, 0.29) is 0 Å². The molecule has 1 aromatic carbocycles. The summed E-state index contributed by atoms with van der Waals surface area (Å²) < 4.78 is 0. The Hall–Kier alpha value is -1.81. The molecule has 2 aromatic rings. The first-order chi connectivity index (χ1) is 7.20. The molecular formula is C11H9NO2S. The van der Waals surface area contributed by atoms with Crippen molar-refractivity contribution in [3.8, 4) is 11.1 Å². The number of nitrogen functional groups attached to an aromatic ring is 1. The Morgan fingerprint density at radius 1 is 1.20 bits per heavy atom. The number of benzene rings is 1. The average Bonchev–Trinajstić information content (AvgIpc) is 2.67. The standard InChI is InChI=1S/C11H9NO2S/c12-10-4-2-1-3-7(10)8-5-15-6-9(8)11(13)14/h1-6H,12H2,(H,13,14). The molecule has 0 aliphatic carbocycles. The Kier molecular flexibility index (Phi) is 2.43. The predicted octanol–water partition coefficient (Wildman–Crippen LogP) is 2.70. The molecule has 15 heavy (non-hydrogen) atoms. The summed E-state index contributed by atoms with van der Waals surface area (Å²) in [6.07, 6.45) is 0. The average molecular weight is 219 g/mol. The Morgan fingerprint density at radius 3 is 2.60 bits per heavy atom. The number of carboxylic acid groups (broad SMARTS) is 1. The zero-order valence-corrected chi connectivity index (χ0v) is 8.62. The van der Waals surface area contributed by atoms with Crippen LogP contribution in [0.25, 0.3) is 11.1 Å². The Balaban J connectivity index is 2.59. The van der Waals surface area contributed by atoms with Crippen LogP contribution in [0.4, 0.5) is 5.69 Å². The van der Waals surface area contributed by atoms with Crippen LogP contribution in [0, 0.1) is 0 Å². The number of hydrogen-bond acceptors (Lipinski definition) is 3. The highest BCUT2D eigenvalue weighted by Gasteiger charge is 2.13. The molecule has 1 heterocycles. The van der Waals surface area contributed by atoms with Gasteiger partial charge in [-0.05, 0) is 11.4 Å². The molecule has 0 amide bonds. The third-order valence-electron chi connectivity index (χ3n) is 2.14. The number of thiophene rings is 1. The van der Waals surface area contributed by atoms with Gasteiger partial charge in [-0.25, -0.2) is 4.79 Å². The Labute approximate surface area is 90.8 Å². The molecule has 76 valence electrons. The lowest BCUT2D eigenvalue weighted by molar-refractivity contribution is 0.0698. The SMILES string of the molecule is Nc1ccccc1-c1cscc1C(=O)O. The molecule has 0 saturated carbocycles. The van der Waals surface area contributed by atoms with Crippen LogP contribution in [-0.2, 0) is 0 Å². The second kappa shape index (κ2) is 3.74. The van der Waals surface area contributed by atoms with Gasteiger partial charge in [-0.3, -0.25) is 0 Å². The lowest BCUT2D eigenvalue weighted by Crippen LogP contribution is -1.97. The number of carboxylic acids is 1. The topological polar surface area (TPSA) is 63.3 Å². The van der Waals surface area contributed by atoms with E-state index in [2.05, 4.69) is 0 Å². The van der Waals surface area contributed by atoms with E-state index in [9.17, 15) is 4.79 Å². The third-order valence-corrected chi connectivity index (χ3v) is 2.89. The van der Waals surface area contributed by atoms with Gasteiger partial charge < -0.3 is 10.8 Å². The summed E-state index contributed by atoms with van der Waals surface area (Å²) in [5, 5.41) is 12.4. The lowest BCUT2D eigenvalue weighted by Gasteiger charge is -2.04. The molecule has 0 aliphatic heterocycles. The van der Waals surface area contributed by atoms with E-state index in [1.807, 2.05) is 18.2 Å². The summed E-state index contributed by atoms with van der Waals surface area (Å²) in [5.41, 5.74) is 8.15. The summed E-state index contributed by atoms with van der Waals surface area (Å²) >= 11 is 1.36. The maximum Gasteiger partial charge on any atom is 0.337 e. The lowest BCUT2D eigenvalue weighted by atomic mass is 10.0. The molecule has 4 heteroatoms. The van der Waals surface area contributed by atoms with Gasteiger partial charge in [-0.15, -0.1) is 0 Å². The highest BCUT2D eigenvalue weighted by atomic mass is 32.1. The number of hydrogen-bond donors (Lipinski definition) is 2. The monoisotopic (exact) mass is 219 g/mol. The first kappa shape index (κ1) is 9.73. The van der Waals surface area contributed by atoms with Gasteiger partial charge in [0.1, 0.15) is 0 Å². The van der Waals surface area contributed by atoms with Gasteiger partial charge in [-0.1, -0.05) is 18.2 Å². The number of para-hydroxylation sites is 1. The fourth-order valence-electron chi connectivity index (χ4n) is 1.41. The van der Waals surface area contributed by atoms with Gasteiger partial charge in [0, 0.05) is 22.2 Å². The maximum absolute atomic E-state index is 10.9. The molecule has 0 unspecified atom stereocenters. The molecule has 0 spiro atoms. The highest BCUT2D eigenvalue weighted by molar-refractivity contribution is 7.08. The second-order valence-corrected chi connectivity index (χ2v) is 3.84. The van der Waals surface area contributed by atoms with Gasteiger partial charge in [0.15, 0.2) is 0 Å². The molecule has 0 atom stereocenters. The van der Waals surface area contributed by atoms with Crippen molar-refractivity contribution in [2.45, 2.75) is 0 Å². The van der Waals surface area contributed by atoms with Crippen molar-refractivity contribution in [2.24, 2.45) is 0 Å². The minimum atomic E-state index is -0.922. The Bertz CT molecular complexity index is 505. The van der Waals surface area contributed by atoms with Crippen molar-refractivity contribution >= 4 is 23.0 Å². The fraction of sp³-hybridized carbons (Fsp3) is 0. The van der Waals surface area contributed by atoms with Crippen LogP contribution < -0.4 is 5.73 Å². The van der Waals surface area contributed by atoms with Crippen LogP contribution in [-0.4, -0.2) is 11.1 Å². The zero-order valence-electron chi connectivity index (χ0n) is 7.81. The van der Waals surface area contributed by atoms with Crippen molar-refractivity contribution in [1.29, 1.82) is 0 Å².